The summed E-state index contributed by atoms with van der Waals surface area (Å²) in [6, 6.07) is 6.82. The Bertz CT molecular complexity index is 530. The van der Waals surface area contributed by atoms with E-state index in [1.54, 1.807) is 12.1 Å². The molecule has 2 aliphatic rings. The van der Waals surface area contributed by atoms with Gasteiger partial charge in [-0.3, -0.25) is 0 Å². The molecule has 2 saturated heterocycles. The molecule has 3 heteroatoms. The van der Waals surface area contributed by atoms with Gasteiger partial charge in [-0.1, -0.05) is 39.0 Å². The second kappa shape index (κ2) is 5.06. The first-order valence-corrected chi connectivity index (χ1v) is 7.92. The van der Waals surface area contributed by atoms with Crippen LogP contribution < -0.4 is 0 Å². The van der Waals surface area contributed by atoms with E-state index in [1.165, 1.54) is 6.07 Å². The predicted molar refractivity (Wildman–Crippen MR) is 80.4 cm³/mol. The van der Waals surface area contributed by atoms with Crippen LogP contribution in [0.25, 0.3) is 0 Å². The van der Waals surface area contributed by atoms with Crippen molar-refractivity contribution in [2.75, 3.05) is 0 Å². The van der Waals surface area contributed by atoms with Crippen LogP contribution in [0.3, 0.4) is 0 Å². The fourth-order valence-electron chi connectivity index (χ4n) is 4.27. The van der Waals surface area contributed by atoms with Crippen molar-refractivity contribution in [3.63, 3.8) is 0 Å². The molecule has 1 aromatic carbocycles. The Labute approximate surface area is 126 Å². The molecule has 0 aliphatic carbocycles. The van der Waals surface area contributed by atoms with Crippen LogP contribution in [0.5, 0.6) is 0 Å². The molecule has 2 heterocycles. The lowest BCUT2D eigenvalue weighted by atomic mass is 9.69. The van der Waals surface area contributed by atoms with Gasteiger partial charge in [0.25, 0.3) is 0 Å². The van der Waals surface area contributed by atoms with Gasteiger partial charge >= 0.3 is 0 Å². The Morgan fingerprint density at radius 2 is 2.05 bits per heavy atom. The fraction of sp³-hybridized carbons (Fsp3) is 0.667. The minimum atomic E-state index is -0.227. The molecule has 1 aromatic rings. The Balaban J connectivity index is 1.73. The third-order valence-electron chi connectivity index (χ3n) is 5.53. The maximum Gasteiger partial charge on any atom is 0.128 e. The van der Waals surface area contributed by atoms with Crippen LogP contribution in [-0.2, 0) is 16.1 Å². The third kappa shape index (κ3) is 2.31. The molecule has 2 nitrogen and oxygen atoms in total. The van der Waals surface area contributed by atoms with E-state index in [4.69, 9.17) is 9.47 Å². The van der Waals surface area contributed by atoms with Crippen molar-refractivity contribution in [2.24, 2.45) is 11.8 Å². The lowest BCUT2D eigenvalue weighted by Gasteiger charge is -2.36. The van der Waals surface area contributed by atoms with Gasteiger partial charge in [0, 0.05) is 12.0 Å². The predicted octanol–water partition coefficient (Wildman–Crippen LogP) is 4.32. The molecule has 0 N–H and O–H groups in total. The SMILES string of the molecule is CC(C)C12CC(OCc3ccccc3F)C(C)(CC1C)O2. The summed E-state index contributed by atoms with van der Waals surface area (Å²) in [7, 11) is 0. The number of ether oxygens (including phenoxy) is 2. The zero-order valence-corrected chi connectivity index (χ0v) is 13.4. The van der Waals surface area contributed by atoms with Crippen molar-refractivity contribution in [1.82, 2.24) is 0 Å². The molecule has 4 unspecified atom stereocenters. The topological polar surface area (TPSA) is 18.5 Å². The first-order chi connectivity index (χ1) is 9.87. The summed E-state index contributed by atoms with van der Waals surface area (Å²) in [5.41, 5.74) is 0.319. The maximum absolute atomic E-state index is 13.7. The summed E-state index contributed by atoms with van der Waals surface area (Å²) in [5.74, 6) is 0.825. The number of fused-ring (bicyclic) bond motifs is 2. The summed E-state index contributed by atoms with van der Waals surface area (Å²) in [6.07, 6.45) is 1.99. The van der Waals surface area contributed by atoms with Gasteiger partial charge in [-0.2, -0.15) is 0 Å². The average Bonchev–Trinajstić information content (AvgIpc) is 2.86. The highest BCUT2D eigenvalue weighted by Gasteiger charge is 2.64. The highest BCUT2D eigenvalue weighted by Crippen LogP contribution is 2.58. The Kier molecular flexibility index (Phi) is 3.61. The number of hydrogen-bond donors (Lipinski definition) is 0. The monoisotopic (exact) mass is 292 g/mol. The zero-order chi connectivity index (χ0) is 15.3. The van der Waals surface area contributed by atoms with E-state index in [2.05, 4.69) is 27.7 Å². The van der Waals surface area contributed by atoms with Crippen LogP contribution in [0.15, 0.2) is 24.3 Å². The van der Waals surface area contributed by atoms with Gasteiger partial charge in [0.15, 0.2) is 0 Å². The maximum atomic E-state index is 13.7. The molecule has 2 aliphatic heterocycles. The van der Waals surface area contributed by atoms with Crippen molar-refractivity contribution in [3.05, 3.63) is 35.6 Å². The second-order valence-corrected chi connectivity index (χ2v) is 7.22. The van der Waals surface area contributed by atoms with Gasteiger partial charge in [0.1, 0.15) is 5.82 Å². The van der Waals surface area contributed by atoms with Crippen LogP contribution in [0.1, 0.15) is 46.1 Å². The Morgan fingerprint density at radius 3 is 2.67 bits per heavy atom. The second-order valence-electron chi connectivity index (χ2n) is 7.22. The molecule has 2 fully saturated rings. The molecule has 0 aromatic heterocycles. The van der Waals surface area contributed by atoms with Crippen LogP contribution >= 0.6 is 0 Å². The van der Waals surface area contributed by atoms with Gasteiger partial charge in [-0.15, -0.1) is 0 Å². The summed E-state index contributed by atoms with van der Waals surface area (Å²) in [5, 5.41) is 0. The van der Waals surface area contributed by atoms with Crippen molar-refractivity contribution in [2.45, 2.75) is 64.4 Å². The number of hydrogen-bond acceptors (Lipinski definition) is 2. The van der Waals surface area contributed by atoms with Gasteiger partial charge in [-0.05, 0) is 31.2 Å². The number of benzene rings is 1. The first-order valence-electron chi connectivity index (χ1n) is 7.92. The lowest BCUT2D eigenvalue weighted by molar-refractivity contribution is -0.0992. The molecule has 0 radical (unpaired) electrons. The molecule has 0 amide bonds. The lowest BCUT2D eigenvalue weighted by Crippen LogP contribution is -2.43. The summed E-state index contributed by atoms with van der Waals surface area (Å²) in [4.78, 5) is 0. The van der Waals surface area contributed by atoms with E-state index in [0.29, 0.717) is 24.0 Å². The van der Waals surface area contributed by atoms with Crippen molar-refractivity contribution in [1.29, 1.82) is 0 Å². The molecule has 0 saturated carbocycles. The minimum absolute atomic E-state index is 0.0516. The highest BCUT2D eigenvalue weighted by atomic mass is 19.1. The van der Waals surface area contributed by atoms with Crippen LogP contribution in [-0.4, -0.2) is 17.3 Å². The van der Waals surface area contributed by atoms with Crippen molar-refractivity contribution < 1.29 is 13.9 Å². The van der Waals surface area contributed by atoms with E-state index in [1.807, 2.05) is 6.07 Å². The van der Waals surface area contributed by atoms with Gasteiger partial charge in [-0.25, -0.2) is 4.39 Å². The standard InChI is InChI=1S/C18H25FO2/c1-12(2)18-10-16(17(4,21-18)9-13(18)3)20-11-14-7-5-6-8-15(14)19/h5-8,12-13,16H,9-11H2,1-4H3. The fourth-order valence-corrected chi connectivity index (χ4v) is 4.27. The molecule has 4 atom stereocenters. The first kappa shape index (κ1) is 15.0. The molecule has 116 valence electrons. The number of rotatable bonds is 4. The van der Waals surface area contributed by atoms with E-state index in [9.17, 15) is 4.39 Å². The van der Waals surface area contributed by atoms with Crippen molar-refractivity contribution >= 4 is 0 Å². The van der Waals surface area contributed by atoms with E-state index >= 15 is 0 Å². The molecule has 2 bridgehead atoms. The quantitative estimate of drug-likeness (QED) is 0.822. The Hall–Kier alpha value is -0.930. The average molecular weight is 292 g/mol. The zero-order valence-electron chi connectivity index (χ0n) is 13.4. The van der Waals surface area contributed by atoms with Crippen LogP contribution in [0.4, 0.5) is 4.39 Å². The third-order valence-corrected chi connectivity index (χ3v) is 5.53. The molecular formula is C18H25FO2. The smallest absolute Gasteiger partial charge is 0.128 e. The summed E-state index contributed by atoms with van der Waals surface area (Å²) >= 11 is 0. The van der Waals surface area contributed by atoms with Gasteiger partial charge < -0.3 is 9.47 Å². The normalized spacial score (nSPS) is 38.4. The molecule has 21 heavy (non-hydrogen) atoms. The van der Waals surface area contributed by atoms with Crippen LogP contribution in [0.2, 0.25) is 0 Å². The Morgan fingerprint density at radius 1 is 1.33 bits per heavy atom. The van der Waals surface area contributed by atoms with Crippen molar-refractivity contribution in [3.8, 4) is 0 Å². The summed E-state index contributed by atoms with van der Waals surface area (Å²) in [6.45, 7) is 9.19. The van der Waals surface area contributed by atoms with Crippen LogP contribution in [0, 0.1) is 17.7 Å². The minimum Gasteiger partial charge on any atom is -0.370 e. The summed E-state index contributed by atoms with van der Waals surface area (Å²) < 4.78 is 26.2. The van der Waals surface area contributed by atoms with E-state index < -0.39 is 0 Å². The van der Waals surface area contributed by atoms with E-state index in [-0.39, 0.29) is 23.1 Å². The number of halogens is 1. The molecular weight excluding hydrogens is 267 g/mol. The van der Waals surface area contributed by atoms with Gasteiger partial charge in [0.2, 0.25) is 0 Å². The van der Waals surface area contributed by atoms with E-state index in [0.717, 1.165) is 12.8 Å². The largest absolute Gasteiger partial charge is 0.370 e. The molecule has 3 rings (SSSR count). The van der Waals surface area contributed by atoms with Gasteiger partial charge in [0.05, 0.1) is 23.9 Å². The molecule has 0 spiro atoms. The highest BCUT2D eigenvalue weighted by molar-refractivity contribution is 5.17.